The molecule has 0 bridgehead atoms. The van der Waals surface area contributed by atoms with Gasteiger partial charge in [0, 0.05) is 18.5 Å². The molecule has 2 unspecified atom stereocenters. The van der Waals surface area contributed by atoms with Gasteiger partial charge in [0.05, 0.1) is 18.8 Å². The van der Waals surface area contributed by atoms with Crippen LogP contribution in [0.1, 0.15) is 24.3 Å². The van der Waals surface area contributed by atoms with E-state index in [1.165, 1.54) is 0 Å². The number of rotatable bonds is 3. The summed E-state index contributed by atoms with van der Waals surface area (Å²) in [5, 5.41) is 1.11. The monoisotopic (exact) mass is 274 g/mol. The Bertz CT molecular complexity index is 593. The predicted octanol–water partition coefficient (Wildman–Crippen LogP) is 2.46. The average molecular weight is 274 g/mol. The lowest BCUT2D eigenvalue weighted by Gasteiger charge is -2.34. The summed E-state index contributed by atoms with van der Waals surface area (Å²) in [6.07, 6.45) is 0.00423. The summed E-state index contributed by atoms with van der Waals surface area (Å²) in [5.41, 5.74) is 8.43. The summed E-state index contributed by atoms with van der Waals surface area (Å²) < 4.78 is 11.8. The minimum absolute atomic E-state index is 0.00423. The predicted molar refractivity (Wildman–Crippen MR) is 79.7 cm³/mol. The van der Waals surface area contributed by atoms with Crippen LogP contribution in [0.5, 0.6) is 0 Å². The molecule has 0 radical (unpaired) electrons. The van der Waals surface area contributed by atoms with Crippen LogP contribution in [0, 0.1) is 6.92 Å². The molecule has 2 atom stereocenters. The van der Waals surface area contributed by atoms with Gasteiger partial charge in [0.2, 0.25) is 0 Å². The number of morpholine rings is 1. The second-order valence-corrected chi connectivity index (χ2v) is 5.47. The van der Waals surface area contributed by atoms with Crippen molar-refractivity contribution in [1.29, 1.82) is 0 Å². The van der Waals surface area contributed by atoms with Crippen molar-refractivity contribution >= 4 is 11.0 Å². The number of aryl methyl sites for hydroxylation is 1. The van der Waals surface area contributed by atoms with E-state index < -0.39 is 0 Å². The Morgan fingerprint density at radius 3 is 3.05 bits per heavy atom. The Kier molecular flexibility index (Phi) is 3.78. The van der Waals surface area contributed by atoms with E-state index >= 15 is 0 Å². The maximum Gasteiger partial charge on any atom is 0.137 e. The lowest BCUT2D eigenvalue weighted by Crippen LogP contribution is -2.46. The van der Waals surface area contributed by atoms with E-state index in [1.54, 1.807) is 0 Å². The van der Waals surface area contributed by atoms with Gasteiger partial charge in [0.15, 0.2) is 0 Å². The lowest BCUT2D eigenvalue weighted by molar-refractivity contribution is -0.0419. The third-order valence-corrected chi connectivity index (χ3v) is 4.11. The number of benzene rings is 1. The summed E-state index contributed by atoms with van der Waals surface area (Å²) >= 11 is 0. The molecular weight excluding hydrogens is 252 g/mol. The first-order valence-electron chi connectivity index (χ1n) is 7.27. The highest BCUT2D eigenvalue weighted by Gasteiger charge is 2.28. The number of hydrogen-bond donors (Lipinski definition) is 1. The molecule has 108 valence electrons. The highest BCUT2D eigenvalue weighted by atomic mass is 16.5. The lowest BCUT2D eigenvalue weighted by atomic mass is 10.1. The van der Waals surface area contributed by atoms with E-state index in [2.05, 4.69) is 30.9 Å². The van der Waals surface area contributed by atoms with Crippen molar-refractivity contribution in [2.75, 3.05) is 26.2 Å². The molecule has 0 saturated carbocycles. The Hall–Kier alpha value is -1.36. The number of hydrogen-bond acceptors (Lipinski definition) is 4. The van der Waals surface area contributed by atoms with Gasteiger partial charge in [-0.15, -0.1) is 0 Å². The normalized spacial score (nSPS) is 22.2. The molecule has 4 heteroatoms. The van der Waals surface area contributed by atoms with Crippen molar-refractivity contribution in [3.8, 4) is 0 Å². The molecular formula is C16H22N2O2. The number of nitrogens with zero attached hydrogens (tertiary/aromatic N) is 1. The summed E-state index contributed by atoms with van der Waals surface area (Å²) in [4.78, 5) is 2.36. The van der Waals surface area contributed by atoms with Gasteiger partial charge in [-0.05, 0) is 25.1 Å². The van der Waals surface area contributed by atoms with Crippen LogP contribution in [0.15, 0.2) is 28.7 Å². The summed E-state index contributed by atoms with van der Waals surface area (Å²) in [5.74, 6) is 0.817. The van der Waals surface area contributed by atoms with Crippen LogP contribution in [0.2, 0.25) is 0 Å². The zero-order valence-electron chi connectivity index (χ0n) is 12.1. The van der Waals surface area contributed by atoms with Crippen molar-refractivity contribution in [3.05, 3.63) is 35.6 Å². The molecule has 2 heterocycles. The number of para-hydroxylation sites is 1. The van der Waals surface area contributed by atoms with E-state index in [-0.39, 0.29) is 12.1 Å². The first kappa shape index (κ1) is 13.6. The second kappa shape index (κ2) is 5.56. The molecule has 2 N–H and O–H groups in total. The molecule has 1 aromatic carbocycles. The maximum atomic E-state index is 6.36. The van der Waals surface area contributed by atoms with Gasteiger partial charge in [0.1, 0.15) is 11.3 Å². The van der Waals surface area contributed by atoms with E-state index in [1.807, 2.05) is 12.1 Å². The van der Waals surface area contributed by atoms with Crippen molar-refractivity contribution in [1.82, 2.24) is 4.90 Å². The highest BCUT2D eigenvalue weighted by Crippen LogP contribution is 2.28. The van der Waals surface area contributed by atoms with Crippen LogP contribution in [-0.4, -0.2) is 37.2 Å². The van der Waals surface area contributed by atoms with Gasteiger partial charge in [-0.25, -0.2) is 0 Å². The molecule has 1 aromatic heterocycles. The molecule has 20 heavy (non-hydrogen) atoms. The Labute approximate surface area is 119 Å². The molecule has 3 rings (SSSR count). The van der Waals surface area contributed by atoms with Crippen LogP contribution in [0.3, 0.4) is 0 Å². The van der Waals surface area contributed by atoms with Gasteiger partial charge < -0.3 is 14.9 Å². The zero-order chi connectivity index (χ0) is 14.1. The molecule has 0 aliphatic carbocycles. The first-order chi connectivity index (χ1) is 9.69. The van der Waals surface area contributed by atoms with Gasteiger partial charge in [-0.1, -0.05) is 25.1 Å². The molecule has 2 aromatic rings. The first-order valence-corrected chi connectivity index (χ1v) is 7.27. The van der Waals surface area contributed by atoms with Crippen LogP contribution < -0.4 is 5.73 Å². The van der Waals surface area contributed by atoms with E-state index in [0.29, 0.717) is 0 Å². The summed E-state index contributed by atoms with van der Waals surface area (Å²) in [7, 11) is 0. The molecule has 0 amide bonds. The fourth-order valence-corrected chi connectivity index (χ4v) is 2.81. The van der Waals surface area contributed by atoms with Crippen molar-refractivity contribution in [2.45, 2.75) is 26.0 Å². The quantitative estimate of drug-likeness (QED) is 0.934. The number of likely N-dealkylation sites (N-methyl/N-ethyl adjacent to an activating group) is 1. The molecule has 1 aliphatic heterocycles. The van der Waals surface area contributed by atoms with Crippen molar-refractivity contribution in [2.24, 2.45) is 5.73 Å². The van der Waals surface area contributed by atoms with Gasteiger partial charge >= 0.3 is 0 Å². The smallest absolute Gasteiger partial charge is 0.137 e. The van der Waals surface area contributed by atoms with E-state index in [9.17, 15) is 0 Å². The average Bonchev–Trinajstić information content (AvgIpc) is 2.92. The Morgan fingerprint density at radius 2 is 2.30 bits per heavy atom. The molecule has 1 aliphatic rings. The van der Waals surface area contributed by atoms with E-state index in [0.717, 1.165) is 48.5 Å². The maximum absolute atomic E-state index is 6.36. The van der Waals surface area contributed by atoms with Crippen LogP contribution in [-0.2, 0) is 4.74 Å². The summed E-state index contributed by atoms with van der Waals surface area (Å²) in [6.45, 7) is 7.85. The Morgan fingerprint density at radius 1 is 1.45 bits per heavy atom. The highest BCUT2D eigenvalue weighted by molar-refractivity contribution is 5.81. The third-order valence-electron chi connectivity index (χ3n) is 4.11. The second-order valence-electron chi connectivity index (χ2n) is 5.47. The van der Waals surface area contributed by atoms with Crippen LogP contribution in [0.4, 0.5) is 0 Å². The largest absolute Gasteiger partial charge is 0.459 e. The fourth-order valence-electron chi connectivity index (χ4n) is 2.81. The SMILES string of the molecule is CCN1CCOC(C(N)c2cc3cccc(C)c3o2)C1. The number of furan rings is 1. The van der Waals surface area contributed by atoms with Gasteiger partial charge in [-0.2, -0.15) is 0 Å². The topological polar surface area (TPSA) is 51.6 Å². The minimum Gasteiger partial charge on any atom is -0.459 e. The molecule has 1 saturated heterocycles. The van der Waals surface area contributed by atoms with Crippen LogP contribution in [0.25, 0.3) is 11.0 Å². The zero-order valence-corrected chi connectivity index (χ0v) is 12.1. The van der Waals surface area contributed by atoms with E-state index in [4.69, 9.17) is 14.9 Å². The van der Waals surface area contributed by atoms with Gasteiger partial charge in [0.25, 0.3) is 0 Å². The van der Waals surface area contributed by atoms with Crippen molar-refractivity contribution < 1.29 is 9.15 Å². The fraction of sp³-hybridized carbons (Fsp3) is 0.500. The number of fused-ring (bicyclic) bond motifs is 1. The van der Waals surface area contributed by atoms with Crippen LogP contribution >= 0.6 is 0 Å². The standard InChI is InChI=1S/C16H22N2O2/c1-3-18-7-8-19-14(10-18)15(17)13-9-12-6-4-5-11(2)16(12)20-13/h4-6,9,14-15H,3,7-8,10,17H2,1-2H3. The van der Waals surface area contributed by atoms with Crippen molar-refractivity contribution in [3.63, 3.8) is 0 Å². The third kappa shape index (κ3) is 2.46. The molecule has 1 fully saturated rings. The molecule has 0 spiro atoms. The number of nitrogens with two attached hydrogens (primary N) is 1. The molecule has 4 nitrogen and oxygen atoms in total. The minimum atomic E-state index is -0.212. The Balaban J connectivity index is 1.84. The number of ether oxygens (including phenoxy) is 1. The summed E-state index contributed by atoms with van der Waals surface area (Å²) in [6, 6.07) is 7.98. The van der Waals surface area contributed by atoms with Gasteiger partial charge in [-0.3, -0.25) is 4.90 Å².